The average Bonchev–Trinajstić information content (AvgIpc) is 2.63. The maximum absolute atomic E-state index is 13.6. The molecule has 0 amide bonds. The van der Waals surface area contributed by atoms with Gasteiger partial charge in [0.25, 0.3) is 0 Å². The summed E-state index contributed by atoms with van der Waals surface area (Å²) < 4.78 is 19.0. The number of quaternary nitrogens is 1. The first kappa shape index (κ1) is 16.7. The lowest BCUT2D eigenvalue weighted by Crippen LogP contribution is -3.14. The number of hydrogen-bond donors (Lipinski definition) is 2. The molecule has 2 aromatic rings. The summed E-state index contributed by atoms with van der Waals surface area (Å²) >= 11 is 0. The second kappa shape index (κ2) is 7.59. The number of ether oxygens (including phenoxy) is 1. The van der Waals surface area contributed by atoms with E-state index in [0.717, 1.165) is 26.3 Å². The van der Waals surface area contributed by atoms with Gasteiger partial charge in [-0.15, -0.1) is 0 Å². The Morgan fingerprint density at radius 1 is 1.04 bits per heavy atom. The van der Waals surface area contributed by atoms with Crippen LogP contribution in [-0.2, 0) is 10.3 Å². The first-order chi connectivity index (χ1) is 11.7. The normalized spacial score (nSPS) is 17.6. The maximum Gasteiger partial charge on any atom is 0.177 e. The molecular weight excluding hydrogens is 305 g/mol. The van der Waals surface area contributed by atoms with Gasteiger partial charge in [0.1, 0.15) is 25.5 Å². The zero-order valence-corrected chi connectivity index (χ0v) is 13.5. The van der Waals surface area contributed by atoms with Gasteiger partial charge in [0.2, 0.25) is 0 Å². The number of aliphatic hydroxyl groups is 1. The summed E-state index contributed by atoms with van der Waals surface area (Å²) in [4.78, 5) is 1.34. The minimum Gasteiger partial charge on any atom is -0.370 e. The van der Waals surface area contributed by atoms with Crippen LogP contribution in [0.25, 0.3) is 0 Å². The zero-order chi connectivity index (χ0) is 16.8. The van der Waals surface area contributed by atoms with Crippen LogP contribution in [0.15, 0.2) is 54.6 Å². The lowest BCUT2D eigenvalue weighted by Gasteiger charge is -2.24. The molecule has 1 heterocycles. The van der Waals surface area contributed by atoms with E-state index in [1.165, 1.54) is 17.0 Å². The number of halogens is 1. The predicted octanol–water partition coefficient (Wildman–Crippen LogP) is 0.980. The van der Waals surface area contributed by atoms with Gasteiger partial charge in [0.15, 0.2) is 5.60 Å². The van der Waals surface area contributed by atoms with Gasteiger partial charge in [-0.3, -0.25) is 0 Å². The molecule has 1 fully saturated rings. The predicted molar refractivity (Wildman–Crippen MR) is 90.0 cm³/mol. The van der Waals surface area contributed by atoms with Crippen molar-refractivity contribution in [1.82, 2.24) is 0 Å². The summed E-state index contributed by atoms with van der Waals surface area (Å²) in [6, 6.07) is 15.2. The van der Waals surface area contributed by atoms with Gasteiger partial charge >= 0.3 is 0 Å². The summed E-state index contributed by atoms with van der Waals surface area (Å²) in [5, 5.41) is 11.2. The van der Waals surface area contributed by atoms with Crippen molar-refractivity contribution in [2.75, 3.05) is 32.8 Å². The smallest absolute Gasteiger partial charge is 0.177 e. The van der Waals surface area contributed by atoms with Crippen molar-refractivity contribution >= 4 is 0 Å². The Morgan fingerprint density at radius 3 is 2.46 bits per heavy atom. The molecule has 0 aromatic heterocycles. The fraction of sp³-hybridized carbons (Fsp3) is 0.300. The second-order valence-electron chi connectivity index (χ2n) is 5.93. The van der Waals surface area contributed by atoms with Gasteiger partial charge in [0.05, 0.1) is 13.2 Å². The molecule has 1 atom stereocenters. The van der Waals surface area contributed by atoms with Gasteiger partial charge in [0, 0.05) is 11.1 Å². The summed E-state index contributed by atoms with van der Waals surface area (Å²) in [6.07, 6.45) is 0. The van der Waals surface area contributed by atoms with Crippen LogP contribution in [0.1, 0.15) is 11.1 Å². The summed E-state index contributed by atoms with van der Waals surface area (Å²) in [7, 11) is 0. The van der Waals surface area contributed by atoms with E-state index < -0.39 is 5.60 Å². The van der Waals surface area contributed by atoms with Crippen LogP contribution < -0.4 is 4.90 Å². The lowest BCUT2D eigenvalue weighted by atomic mass is 9.87. The number of morpholine rings is 1. The van der Waals surface area contributed by atoms with Crippen molar-refractivity contribution in [2.45, 2.75) is 5.60 Å². The fourth-order valence-corrected chi connectivity index (χ4v) is 2.84. The average molecular weight is 326 g/mol. The summed E-state index contributed by atoms with van der Waals surface area (Å²) in [5.74, 6) is 5.69. The van der Waals surface area contributed by atoms with Crippen LogP contribution in [0.4, 0.5) is 4.39 Å². The molecule has 0 radical (unpaired) electrons. The van der Waals surface area contributed by atoms with Gasteiger partial charge in [-0.25, -0.2) is 4.39 Å². The number of hydrogen-bond acceptors (Lipinski definition) is 2. The van der Waals surface area contributed by atoms with E-state index >= 15 is 0 Å². The minimum atomic E-state index is -1.52. The summed E-state index contributed by atoms with van der Waals surface area (Å²) in [5.41, 5.74) is -0.437. The van der Waals surface area contributed by atoms with Gasteiger partial charge in [-0.2, -0.15) is 0 Å². The van der Waals surface area contributed by atoms with Gasteiger partial charge in [-0.05, 0) is 18.1 Å². The molecule has 0 saturated carbocycles. The molecule has 0 unspecified atom stereocenters. The maximum atomic E-state index is 13.6. The first-order valence-electron chi connectivity index (χ1n) is 8.14. The van der Waals surface area contributed by atoms with E-state index in [2.05, 4.69) is 11.8 Å². The minimum absolute atomic E-state index is 0.387. The van der Waals surface area contributed by atoms with Gasteiger partial charge in [-0.1, -0.05) is 48.4 Å². The highest BCUT2D eigenvalue weighted by atomic mass is 19.1. The largest absolute Gasteiger partial charge is 0.370 e. The van der Waals surface area contributed by atoms with E-state index in [0.29, 0.717) is 17.7 Å². The van der Waals surface area contributed by atoms with E-state index in [4.69, 9.17) is 4.74 Å². The molecule has 4 heteroatoms. The van der Waals surface area contributed by atoms with Crippen molar-refractivity contribution in [3.05, 3.63) is 71.5 Å². The Kier molecular flexibility index (Phi) is 5.27. The standard InChI is InChI=1S/C20H20FNO2/c21-19-9-4-8-18(16-19)20(23,17-6-2-1-3-7-17)10-5-11-22-12-14-24-15-13-22/h1-4,6-9,16,23H,11-15H2/p+1/t20-/m0/s1. The van der Waals surface area contributed by atoms with Crippen LogP contribution in [0.3, 0.4) is 0 Å². The van der Waals surface area contributed by atoms with E-state index in [1.54, 1.807) is 24.3 Å². The quantitative estimate of drug-likeness (QED) is 0.825. The highest BCUT2D eigenvalue weighted by Gasteiger charge is 2.29. The lowest BCUT2D eigenvalue weighted by molar-refractivity contribution is -0.900. The molecule has 2 N–H and O–H groups in total. The molecule has 3 rings (SSSR count). The number of rotatable bonds is 3. The van der Waals surface area contributed by atoms with E-state index in [1.807, 2.05) is 18.2 Å². The fourth-order valence-electron chi connectivity index (χ4n) is 2.84. The molecule has 1 aliphatic rings. The van der Waals surface area contributed by atoms with Crippen LogP contribution >= 0.6 is 0 Å². The van der Waals surface area contributed by atoms with Gasteiger partial charge < -0.3 is 14.7 Å². The van der Waals surface area contributed by atoms with Crippen molar-refractivity contribution in [2.24, 2.45) is 0 Å². The second-order valence-corrected chi connectivity index (χ2v) is 5.93. The SMILES string of the molecule is O[C@@](C#CC[NH+]1CCOCC1)(c1ccccc1)c1cccc(F)c1. The molecular formula is C20H21FNO2+. The molecule has 0 aliphatic carbocycles. The number of benzene rings is 2. The van der Waals surface area contributed by atoms with Crippen molar-refractivity contribution in [1.29, 1.82) is 0 Å². The van der Waals surface area contributed by atoms with Crippen molar-refractivity contribution < 1.29 is 19.1 Å². The molecule has 2 aromatic carbocycles. The topological polar surface area (TPSA) is 33.9 Å². The molecule has 0 bridgehead atoms. The Bertz CT molecular complexity index is 732. The van der Waals surface area contributed by atoms with Crippen molar-refractivity contribution in [3.8, 4) is 11.8 Å². The molecule has 3 nitrogen and oxygen atoms in total. The Labute approximate surface area is 141 Å². The molecule has 0 spiro atoms. The van der Waals surface area contributed by atoms with Crippen LogP contribution in [0.5, 0.6) is 0 Å². The van der Waals surface area contributed by atoms with Crippen molar-refractivity contribution in [3.63, 3.8) is 0 Å². The van der Waals surface area contributed by atoms with Crippen LogP contribution in [0.2, 0.25) is 0 Å². The third kappa shape index (κ3) is 3.82. The van der Waals surface area contributed by atoms with E-state index in [-0.39, 0.29) is 5.82 Å². The Balaban J connectivity index is 1.91. The third-order valence-electron chi connectivity index (χ3n) is 4.24. The third-order valence-corrected chi connectivity index (χ3v) is 4.24. The zero-order valence-electron chi connectivity index (χ0n) is 13.5. The van der Waals surface area contributed by atoms with Crippen LogP contribution in [-0.4, -0.2) is 38.0 Å². The number of nitrogens with one attached hydrogen (secondary N) is 1. The molecule has 1 saturated heterocycles. The monoisotopic (exact) mass is 326 g/mol. The highest BCUT2D eigenvalue weighted by molar-refractivity contribution is 5.44. The van der Waals surface area contributed by atoms with Crippen LogP contribution in [0, 0.1) is 17.7 Å². The first-order valence-corrected chi connectivity index (χ1v) is 8.14. The highest BCUT2D eigenvalue weighted by Crippen LogP contribution is 2.29. The summed E-state index contributed by atoms with van der Waals surface area (Å²) in [6.45, 7) is 3.94. The van der Waals surface area contributed by atoms with E-state index in [9.17, 15) is 9.50 Å². The Morgan fingerprint density at radius 2 is 1.75 bits per heavy atom. The Hall–Kier alpha value is -2.19. The molecule has 24 heavy (non-hydrogen) atoms. The molecule has 124 valence electrons. The molecule has 1 aliphatic heterocycles.